The fourth-order valence-corrected chi connectivity index (χ4v) is 3.73. The second kappa shape index (κ2) is 8.79. The number of phenols is 1. The number of benzene rings is 2. The van der Waals surface area contributed by atoms with Crippen LogP contribution in [0.2, 0.25) is 0 Å². The number of phenolic OH excluding ortho intramolecular Hbond substituents is 1. The fraction of sp³-hybridized carbons (Fsp3) is 0.0909. The molecule has 1 amide bonds. The predicted octanol–water partition coefficient (Wildman–Crippen LogP) is 4.03. The molecule has 0 aliphatic rings. The van der Waals surface area contributed by atoms with Crippen LogP contribution in [0.3, 0.4) is 0 Å². The summed E-state index contributed by atoms with van der Waals surface area (Å²) in [7, 11) is -3.74. The van der Waals surface area contributed by atoms with Gasteiger partial charge in [0.05, 0.1) is 10.6 Å². The summed E-state index contributed by atoms with van der Waals surface area (Å²) < 4.78 is 27.4. The van der Waals surface area contributed by atoms with Gasteiger partial charge in [-0.2, -0.15) is 0 Å². The number of anilines is 2. The summed E-state index contributed by atoms with van der Waals surface area (Å²) >= 11 is 0. The number of hydrogen-bond donors (Lipinski definition) is 3. The number of carbonyl (C=O) groups is 1. The number of rotatable bonds is 6. The second-order valence-corrected chi connectivity index (χ2v) is 8.31. The zero-order chi connectivity index (χ0) is 21.7. The zero-order valence-corrected chi connectivity index (χ0v) is 17.3. The molecule has 1 aromatic heterocycles. The number of hydrogen-bond acceptors (Lipinski definition) is 5. The fourth-order valence-electron chi connectivity index (χ4n) is 2.72. The Bertz CT molecular complexity index is 1190. The van der Waals surface area contributed by atoms with E-state index in [-0.39, 0.29) is 22.4 Å². The first-order chi connectivity index (χ1) is 14.2. The van der Waals surface area contributed by atoms with Crippen LogP contribution in [0.15, 0.2) is 65.7 Å². The number of nitrogens with zero attached hydrogens (tertiary/aromatic N) is 1. The molecule has 3 N–H and O–H groups in total. The van der Waals surface area contributed by atoms with E-state index in [4.69, 9.17) is 0 Å². The lowest BCUT2D eigenvalue weighted by atomic mass is 10.1. The number of amides is 1. The van der Waals surface area contributed by atoms with Gasteiger partial charge >= 0.3 is 0 Å². The van der Waals surface area contributed by atoms with Crippen molar-refractivity contribution in [3.63, 3.8) is 0 Å². The third-order valence-electron chi connectivity index (χ3n) is 4.23. The molecular weight excluding hydrogens is 402 g/mol. The Kier molecular flexibility index (Phi) is 6.17. The molecule has 1 heterocycles. The highest BCUT2D eigenvalue weighted by Crippen LogP contribution is 2.27. The average Bonchev–Trinajstić information content (AvgIpc) is 2.70. The SMILES string of the molecule is CC(=O)Nc1cc(O)c(C)cc1C=Cc1ccc(S(=O)(=O)Nc2ccccn2)cc1. The van der Waals surface area contributed by atoms with E-state index in [9.17, 15) is 18.3 Å². The van der Waals surface area contributed by atoms with E-state index >= 15 is 0 Å². The summed E-state index contributed by atoms with van der Waals surface area (Å²) in [5, 5.41) is 12.6. The van der Waals surface area contributed by atoms with Crippen LogP contribution in [0.4, 0.5) is 11.5 Å². The topological polar surface area (TPSA) is 108 Å². The smallest absolute Gasteiger partial charge is 0.263 e. The second-order valence-electron chi connectivity index (χ2n) is 6.63. The predicted molar refractivity (Wildman–Crippen MR) is 118 cm³/mol. The Morgan fingerprint density at radius 2 is 1.80 bits per heavy atom. The Balaban J connectivity index is 1.81. The molecule has 3 aromatic rings. The molecule has 154 valence electrons. The van der Waals surface area contributed by atoms with Gasteiger partial charge in [0.2, 0.25) is 5.91 Å². The van der Waals surface area contributed by atoms with Gasteiger partial charge in [-0.25, -0.2) is 13.4 Å². The van der Waals surface area contributed by atoms with Gasteiger partial charge < -0.3 is 10.4 Å². The molecule has 0 aliphatic heterocycles. The van der Waals surface area contributed by atoms with Crippen molar-refractivity contribution in [1.82, 2.24) is 4.98 Å². The molecule has 30 heavy (non-hydrogen) atoms. The van der Waals surface area contributed by atoms with Crippen LogP contribution >= 0.6 is 0 Å². The van der Waals surface area contributed by atoms with Gasteiger partial charge in [-0.1, -0.05) is 30.4 Å². The minimum absolute atomic E-state index is 0.0888. The number of aromatic nitrogens is 1. The Hall–Kier alpha value is -3.65. The molecule has 0 aliphatic carbocycles. The van der Waals surface area contributed by atoms with Crippen LogP contribution in [-0.4, -0.2) is 24.4 Å². The van der Waals surface area contributed by atoms with Crippen molar-refractivity contribution in [2.75, 3.05) is 10.0 Å². The van der Waals surface area contributed by atoms with Crippen LogP contribution in [0.5, 0.6) is 5.75 Å². The largest absolute Gasteiger partial charge is 0.508 e. The number of pyridine rings is 1. The first-order valence-electron chi connectivity index (χ1n) is 9.08. The Morgan fingerprint density at radius 3 is 2.43 bits per heavy atom. The highest BCUT2D eigenvalue weighted by molar-refractivity contribution is 7.92. The van der Waals surface area contributed by atoms with Gasteiger partial charge in [-0.15, -0.1) is 0 Å². The molecule has 0 saturated carbocycles. The lowest BCUT2D eigenvalue weighted by molar-refractivity contribution is -0.114. The average molecular weight is 423 g/mol. The quantitative estimate of drug-likeness (QED) is 0.519. The number of carbonyl (C=O) groups excluding carboxylic acids is 1. The third-order valence-corrected chi connectivity index (χ3v) is 5.60. The van der Waals surface area contributed by atoms with Crippen LogP contribution in [0.25, 0.3) is 12.2 Å². The number of nitrogens with one attached hydrogen (secondary N) is 2. The third kappa shape index (κ3) is 5.24. The standard InChI is InChI=1S/C22H21N3O4S/c1-15-13-18(20(14-21(15)27)24-16(2)26)9-6-17-7-10-19(11-8-17)30(28,29)25-22-5-3-4-12-23-22/h3-14,27H,1-2H3,(H,23,25)(H,24,26). The highest BCUT2D eigenvalue weighted by Gasteiger charge is 2.14. The molecule has 0 unspecified atom stereocenters. The van der Waals surface area contributed by atoms with Crippen molar-refractivity contribution in [2.24, 2.45) is 0 Å². The van der Waals surface area contributed by atoms with Crippen molar-refractivity contribution in [3.05, 3.63) is 77.5 Å². The van der Waals surface area contributed by atoms with Crippen LogP contribution in [0, 0.1) is 6.92 Å². The molecule has 0 bridgehead atoms. The minimum atomic E-state index is -3.74. The summed E-state index contributed by atoms with van der Waals surface area (Å²) in [4.78, 5) is 15.5. The van der Waals surface area contributed by atoms with Crippen molar-refractivity contribution in [2.45, 2.75) is 18.7 Å². The van der Waals surface area contributed by atoms with Crippen LogP contribution in [0.1, 0.15) is 23.6 Å². The lowest BCUT2D eigenvalue weighted by Gasteiger charge is -2.10. The van der Waals surface area contributed by atoms with Crippen LogP contribution < -0.4 is 10.0 Å². The van der Waals surface area contributed by atoms with Crippen molar-refractivity contribution < 1.29 is 18.3 Å². The summed E-state index contributed by atoms with van der Waals surface area (Å²) in [6, 6.07) is 14.6. The molecule has 0 radical (unpaired) electrons. The Morgan fingerprint density at radius 1 is 1.07 bits per heavy atom. The molecule has 0 atom stereocenters. The number of aryl methyl sites for hydroxylation is 1. The van der Waals surface area contributed by atoms with Gasteiger partial charge in [0.1, 0.15) is 11.6 Å². The molecule has 0 spiro atoms. The van der Waals surface area contributed by atoms with Crippen LogP contribution in [-0.2, 0) is 14.8 Å². The van der Waals surface area contributed by atoms with Gasteiger partial charge in [0.25, 0.3) is 10.0 Å². The van der Waals surface area contributed by atoms with Crippen molar-refractivity contribution in [1.29, 1.82) is 0 Å². The number of aromatic hydroxyl groups is 1. The molecule has 7 nitrogen and oxygen atoms in total. The molecular formula is C22H21N3O4S. The van der Waals surface area contributed by atoms with Crippen molar-refractivity contribution >= 4 is 39.6 Å². The van der Waals surface area contributed by atoms with E-state index in [1.165, 1.54) is 31.3 Å². The van der Waals surface area contributed by atoms with Gasteiger partial charge in [0.15, 0.2) is 0 Å². The highest BCUT2D eigenvalue weighted by atomic mass is 32.2. The maximum absolute atomic E-state index is 12.5. The van der Waals surface area contributed by atoms with Crippen molar-refractivity contribution in [3.8, 4) is 5.75 Å². The number of sulfonamides is 1. The zero-order valence-electron chi connectivity index (χ0n) is 16.5. The molecule has 0 fully saturated rings. The first kappa shape index (κ1) is 21.1. The van der Waals surface area contributed by atoms with Gasteiger partial charge in [-0.3, -0.25) is 9.52 Å². The maximum atomic E-state index is 12.5. The van der Waals surface area contributed by atoms with E-state index in [1.807, 2.05) is 0 Å². The van der Waals surface area contributed by atoms with E-state index in [2.05, 4.69) is 15.0 Å². The summed E-state index contributed by atoms with van der Waals surface area (Å²) in [5.74, 6) is 0.0865. The molecule has 2 aromatic carbocycles. The summed E-state index contributed by atoms with van der Waals surface area (Å²) in [5.41, 5.74) is 2.65. The minimum Gasteiger partial charge on any atom is -0.508 e. The first-order valence-corrected chi connectivity index (χ1v) is 10.6. The molecule has 3 rings (SSSR count). The van der Waals surface area contributed by atoms with E-state index in [1.54, 1.807) is 55.5 Å². The summed E-state index contributed by atoms with van der Waals surface area (Å²) in [6.07, 6.45) is 5.08. The maximum Gasteiger partial charge on any atom is 0.263 e. The summed E-state index contributed by atoms with van der Waals surface area (Å²) in [6.45, 7) is 3.15. The monoisotopic (exact) mass is 423 g/mol. The molecule has 0 saturated heterocycles. The van der Waals surface area contributed by atoms with E-state index in [0.29, 0.717) is 16.8 Å². The normalized spacial score (nSPS) is 11.4. The van der Waals surface area contributed by atoms with E-state index < -0.39 is 10.0 Å². The van der Waals surface area contributed by atoms with Gasteiger partial charge in [0, 0.05) is 19.2 Å². The van der Waals surface area contributed by atoms with E-state index in [0.717, 1.165) is 5.56 Å². The lowest BCUT2D eigenvalue weighted by Crippen LogP contribution is -2.13. The van der Waals surface area contributed by atoms with Gasteiger partial charge in [-0.05, 0) is 53.9 Å². The molecule has 8 heteroatoms. The Labute approximate surface area is 175 Å².